The van der Waals surface area contributed by atoms with Crippen LogP contribution in [0.1, 0.15) is 49.9 Å². The third kappa shape index (κ3) is 5.56. The highest BCUT2D eigenvalue weighted by atomic mass is 32.1. The third-order valence-corrected chi connectivity index (χ3v) is 19.3. The van der Waals surface area contributed by atoms with Crippen LogP contribution in [0.2, 0.25) is 0 Å². The molecule has 0 saturated carbocycles. The van der Waals surface area contributed by atoms with E-state index in [1.165, 1.54) is 174 Å². The first kappa shape index (κ1) is 41.8. The maximum absolute atomic E-state index is 2.46. The zero-order chi connectivity index (χ0) is 49.6. The van der Waals surface area contributed by atoms with Gasteiger partial charge in [-0.25, -0.2) is 0 Å². The molecule has 17 rings (SSSR count). The van der Waals surface area contributed by atoms with Crippen molar-refractivity contribution in [3.8, 4) is 66.8 Å². The van der Waals surface area contributed by atoms with E-state index >= 15 is 0 Å². The predicted molar refractivity (Wildman–Crippen MR) is 324 cm³/mol. The average Bonchev–Trinajstić information content (AvgIpc) is 4.06. The van der Waals surface area contributed by atoms with Crippen LogP contribution in [0.15, 0.2) is 218 Å². The molecule has 350 valence electrons. The van der Waals surface area contributed by atoms with Crippen LogP contribution in [0.3, 0.4) is 0 Å². The summed E-state index contributed by atoms with van der Waals surface area (Å²) in [4.78, 5) is 0. The predicted octanol–water partition coefficient (Wildman–Crippen LogP) is 21.1. The SMILES string of the molecule is CC1(C)c2ccccc2-c2ccc(-c3ccc4ccc5c(-c6ccc7c(c6)sc6cc(-c8ccc9ccc%10c(-c%11ccc%12c(c%11)C(C)(C)c%11ccccc%11-%12)ccc%11ccc8c9c%11%10)ccc67)ccc6ccc3c4c65)cc21. The van der Waals surface area contributed by atoms with E-state index in [-0.39, 0.29) is 10.8 Å². The van der Waals surface area contributed by atoms with E-state index in [2.05, 4.69) is 246 Å². The lowest BCUT2D eigenvalue weighted by Gasteiger charge is -2.22. The number of hydrogen-bond acceptors (Lipinski definition) is 1. The van der Waals surface area contributed by atoms with Crippen LogP contribution in [0, 0.1) is 0 Å². The van der Waals surface area contributed by atoms with Crippen molar-refractivity contribution in [3.05, 3.63) is 241 Å². The summed E-state index contributed by atoms with van der Waals surface area (Å²) in [5.74, 6) is 0. The van der Waals surface area contributed by atoms with Crippen molar-refractivity contribution in [1.82, 2.24) is 0 Å². The standard InChI is InChI=1S/C74H48S/c1-73(2)63-11-7-5-9-53(63)55-29-21-45(37-65(55)73)49-25-13-41-19-35-61-51(27-15-43-17-33-59(49)69(41)71(43)61)47-23-31-57-58-32-24-48(40-68(58)75-67(57)39-47)52-28-16-44-18-34-60-50(26-14-42-20-36-62(52)72(44)70(42)60)46-22-30-56-54-10-6-8-12-64(54)74(3,4)66(56)38-46/h5-40H,1-4H3. The molecule has 0 aliphatic heterocycles. The number of rotatable bonds is 4. The van der Waals surface area contributed by atoms with E-state index in [0.717, 1.165) is 0 Å². The lowest BCUT2D eigenvalue weighted by molar-refractivity contribution is 0.660. The zero-order valence-corrected chi connectivity index (χ0v) is 43.0. The summed E-state index contributed by atoms with van der Waals surface area (Å²) in [6.07, 6.45) is 0. The Morgan fingerprint density at radius 3 is 0.893 bits per heavy atom. The quantitative estimate of drug-likeness (QED) is 0.154. The van der Waals surface area contributed by atoms with Gasteiger partial charge in [0.25, 0.3) is 0 Å². The Balaban J connectivity index is 0.754. The van der Waals surface area contributed by atoms with Crippen molar-refractivity contribution < 1.29 is 0 Å². The van der Waals surface area contributed by atoms with Gasteiger partial charge in [-0.05, 0) is 178 Å². The van der Waals surface area contributed by atoms with Gasteiger partial charge >= 0.3 is 0 Å². The molecule has 1 heteroatoms. The second-order valence-corrected chi connectivity index (χ2v) is 23.8. The van der Waals surface area contributed by atoms with Gasteiger partial charge in [0, 0.05) is 31.0 Å². The molecule has 0 amide bonds. The molecular formula is C74H48S. The highest BCUT2D eigenvalue weighted by Crippen LogP contribution is 2.53. The van der Waals surface area contributed by atoms with Crippen LogP contribution >= 0.6 is 11.3 Å². The molecule has 0 N–H and O–H groups in total. The van der Waals surface area contributed by atoms with Gasteiger partial charge in [-0.3, -0.25) is 0 Å². The summed E-state index contributed by atoms with van der Waals surface area (Å²) in [7, 11) is 0. The smallest absolute Gasteiger partial charge is 0.0361 e. The number of thiophene rings is 1. The van der Waals surface area contributed by atoms with Crippen LogP contribution in [-0.2, 0) is 10.8 Å². The molecular weight excluding hydrogens is 921 g/mol. The Labute approximate surface area is 439 Å². The highest BCUT2D eigenvalue weighted by molar-refractivity contribution is 7.25. The number of fused-ring (bicyclic) bond motifs is 9. The topological polar surface area (TPSA) is 0 Å². The fourth-order valence-corrected chi connectivity index (χ4v) is 15.6. The Morgan fingerprint density at radius 1 is 0.240 bits per heavy atom. The summed E-state index contributed by atoms with van der Waals surface area (Å²) in [6, 6.07) is 84.0. The fourth-order valence-electron chi connectivity index (χ4n) is 14.5. The molecule has 0 bridgehead atoms. The van der Waals surface area contributed by atoms with Gasteiger partial charge in [0.15, 0.2) is 0 Å². The lowest BCUT2D eigenvalue weighted by Crippen LogP contribution is -2.14. The molecule has 0 atom stereocenters. The summed E-state index contributed by atoms with van der Waals surface area (Å²) in [5.41, 5.74) is 21.2. The first-order valence-electron chi connectivity index (χ1n) is 26.6. The molecule has 0 radical (unpaired) electrons. The minimum absolute atomic E-state index is 0.0495. The van der Waals surface area contributed by atoms with E-state index in [0.29, 0.717) is 0 Å². The highest BCUT2D eigenvalue weighted by Gasteiger charge is 2.37. The molecule has 14 aromatic carbocycles. The van der Waals surface area contributed by atoms with Crippen molar-refractivity contribution in [2.24, 2.45) is 0 Å². The van der Waals surface area contributed by atoms with E-state index in [1.807, 2.05) is 11.3 Å². The van der Waals surface area contributed by atoms with Gasteiger partial charge < -0.3 is 0 Å². The van der Waals surface area contributed by atoms with Crippen LogP contribution in [0.4, 0.5) is 0 Å². The average molecular weight is 969 g/mol. The van der Waals surface area contributed by atoms with Gasteiger partial charge in [-0.15, -0.1) is 11.3 Å². The van der Waals surface area contributed by atoms with E-state index < -0.39 is 0 Å². The molecule has 0 saturated heterocycles. The van der Waals surface area contributed by atoms with Crippen LogP contribution < -0.4 is 0 Å². The Kier molecular flexibility index (Phi) is 8.12. The lowest BCUT2D eigenvalue weighted by atomic mass is 9.81. The monoisotopic (exact) mass is 968 g/mol. The minimum atomic E-state index is -0.0495. The van der Waals surface area contributed by atoms with E-state index in [1.54, 1.807) is 0 Å². The molecule has 1 aromatic heterocycles. The van der Waals surface area contributed by atoms with Crippen molar-refractivity contribution >= 4 is 96.1 Å². The van der Waals surface area contributed by atoms with Crippen molar-refractivity contribution in [1.29, 1.82) is 0 Å². The van der Waals surface area contributed by atoms with Gasteiger partial charge in [0.1, 0.15) is 0 Å². The molecule has 0 spiro atoms. The number of benzene rings is 14. The van der Waals surface area contributed by atoms with E-state index in [4.69, 9.17) is 0 Å². The molecule has 75 heavy (non-hydrogen) atoms. The second kappa shape index (κ2) is 14.6. The Hall–Kier alpha value is -8.62. The molecule has 2 aliphatic rings. The molecule has 0 fully saturated rings. The van der Waals surface area contributed by atoms with Crippen molar-refractivity contribution in [3.63, 3.8) is 0 Å². The number of hydrogen-bond donors (Lipinski definition) is 0. The van der Waals surface area contributed by atoms with Crippen molar-refractivity contribution in [2.75, 3.05) is 0 Å². The second-order valence-electron chi connectivity index (χ2n) is 22.7. The molecule has 1 heterocycles. The Morgan fingerprint density at radius 2 is 0.520 bits per heavy atom. The summed E-state index contributed by atoms with van der Waals surface area (Å²) < 4.78 is 2.63. The van der Waals surface area contributed by atoms with Crippen LogP contribution in [-0.4, -0.2) is 0 Å². The molecule has 15 aromatic rings. The maximum Gasteiger partial charge on any atom is 0.0361 e. The fraction of sp³-hybridized carbons (Fsp3) is 0.0811. The maximum atomic E-state index is 2.46. The zero-order valence-electron chi connectivity index (χ0n) is 42.2. The van der Waals surface area contributed by atoms with Gasteiger partial charge in [0.05, 0.1) is 0 Å². The first-order chi connectivity index (χ1) is 36.7. The molecule has 0 unspecified atom stereocenters. The van der Waals surface area contributed by atoms with E-state index in [9.17, 15) is 0 Å². The normalized spacial score (nSPS) is 14.3. The van der Waals surface area contributed by atoms with Gasteiger partial charge in [0.2, 0.25) is 0 Å². The van der Waals surface area contributed by atoms with Crippen molar-refractivity contribution in [2.45, 2.75) is 38.5 Å². The molecule has 2 aliphatic carbocycles. The summed E-state index contributed by atoms with van der Waals surface area (Å²) >= 11 is 1.91. The Bertz CT molecular complexity index is 4680. The largest absolute Gasteiger partial charge is 0.135 e. The molecule has 0 nitrogen and oxygen atoms in total. The van der Waals surface area contributed by atoms with Crippen LogP contribution in [0.25, 0.3) is 152 Å². The minimum Gasteiger partial charge on any atom is -0.135 e. The third-order valence-electron chi connectivity index (χ3n) is 18.2. The summed E-state index contributed by atoms with van der Waals surface area (Å²) in [6.45, 7) is 9.50. The van der Waals surface area contributed by atoms with Gasteiger partial charge in [-0.1, -0.05) is 222 Å². The first-order valence-corrected chi connectivity index (χ1v) is 27.4. The van der Waals surface area contributed by atoms with Crippen LogP contribution in [0.5, 0.6) is 0 Å². The van der Waals surface area contributed by atoms with Gasteiger partial charge in [-0.2, -0.15) is 0 Å². The summed E-state index contributed by atoms with van der Waals surface area (Å²) in [5, 5.41) is 18.4.